The number of hydrogen-bond acceptors (Lipinski definition) is 3. The second-order valence-electron chi connectivity index (χ2n) is 6.45. The smallest absolute Gasteiger partial charge is 0.238 e. The van der Waals surface area contributed by atoms with Crippen LogP contribution in [-0.2, 0) is 21.0 Å². The van der Waals surface area contributed by atoms with Crippen molar-refractivity contribution in [2.45, 2.75) is 45.8 Å². The van der Waals surface area contributed by atoms with Gasteiger partial charge >= 0.3 is 0 Å². The monoisotopic (exact) mass is 386 g/mol. The largest absolute Gasteiger partial charge is 0.338 e. The highest BCUT2D eigenvalue weighted by molar-refractivity contribution is 9.10. The maximum Gasteiger partial charge on any atom is 0.238 e. The van der Waals surface area contributed by atoms with E-state index in [0.717, 1.165) is 11.5 Å². The van der Waals surface area contributed by atoms with Gasteiger partial charge in [-0.1, -0.05) is 15.9 Å². The van der Waals surface area contributed by atoms with E-state index in [0.29, 0.717) is 29.4 Å². The summed E-state index contributed by atoms with van der Waals surface area (Å²) in [5.41, 5.74) is -0.291. The fraction of sp³-hybridized carbons (Fsp3) is 0.500. The molecule has 7 heteroatoms. The van der Waals surface area contributed by atoms with Crippen molar-refractivity contribution in [1.82, 2.24) is 4.90 Å². The molecule has 1 heterocycles. The molecule has 1 fully saturated rings. The van der Waals surface area contributed by atoms with Gasteiger partial charge in [0.2, 0.25) is 12.3 Å². The molecule has 0 unspecified atom stereocenters. The normalized spacial score (nSPS) is 15.2. The third kappa shape index (κ3) is 4.51. The number of hydroxylamine groups is 1. The Bertz CT molecular complexity index is 616. The minimum atomic E-state index is -0.652. The fourth-order valence-corrected chi connectivity index (χ4v) is 2.90. The molecular formula is C16H20BrFN2O3. The van der Waals surface area contributed by atoms with Crippen molar-refractivity contribution < 1.29 is 18.8 Å². The van der Waals surface area contributed by atoms with Gasteiger partial charge in [0.1, 0.15) is 5.69 Å². The molecule has 0 N–H and O–H groups in total. The third-order valence-corrected chi connectivity index (χ3v) is 3.79. The number of benzene rings is 1. The second-order valence-corrected chi connectivity index (χ2v) is 7.37. The summed E-state index contributed by atoms with van der Waals surface area (Å²) in [4.78, 5) is 30.1. The molecule has 126 valence electrons. The zero-order chi connectivity index (χ0) is 17.2. The predicted molar refractivity (Wildman–Crippen MR) is 88.1 cm³/mol. The van der Waals surface area contributed by atoms with Gasteiger partial charge in [0.15, 0.2) is 5.82 Å². The molecule has 1 aliphatic rings. The number of amides is 2. The van der Waals surface area contributed by atoms with Gasteiger partial charge in [-0.3, -0.25) is 14.4 Å². The minimum absolute atomic E-state index is 0.0177. The van der Waals surface area contributed by atoms with Gasteiger partial charge in [-0.2, -0.15) is 5.06 Å². The molecular weight excluding hydrogens is 367 g/mol. The standard InChI is InChI=1S/C16H20BrFN2O3/c1-16(2,3)23-20(10-21)13-8-12(17)7-11(15(13)18)9-19-6-4-5-14(19)22/h7-8,10H,4-6,9H2,1-3H3. The van der Waals surface area contributed by atoms with E-state index in [-0.39, 0.29) is 18.1 Å². The molecule has 0 aromatic heterocycles. The van der Waals surface area contributed by atoms with Crippen LogP contribution in [0.4, 0.5) is 10.1 Å². The molecule has 23 heavy (non-hydrogen) atoms. The van der Waals surface area contributed by atoms with Crippen molar-refractivity contribution in [3.8, 4) is 0 Å². The Hall–Kier alpha value is -1.47. The Labute approximate surface area is 143 Å². The molecule has 2 amide bonds. The molecule has 0 atom stereocenters. The summed E-state index contributed by atoms with van der Waals surface area (Å²) in [5.74, 6) is -0.548. The zero-order valence-electron chi connectivity index (χ0n) is 13.4. The van der Waals surface area contributed by atoms with Crippen molar-refractivity contribution in [2.75, 3.05) is 11.6 Å². The highest BCUT2D eigenvalue weighted by Gasteiger charge is 2.25. The average Bonchev–Trinajstić information content (AvgIpc) is 2.84. The van der Waals surface area contributed by atoms with Crippen molar-refractivity contribution in [2.24, 2.45) is 0 Å². The Balaban J connectivity index is 2.33. The lowest BCUT2D eigenvalue weighted by Crippen LogP contribution is -2.34. The fourth-order valence-electron chi connectivity index (χ4n) is 2.40. The molecule has 0 aliphatic carbocycles. The van der Waals surface area contributed by atoms with Crippen LogP contribution >= 0.6 is 15.9 Å². The number of carbonyl (C=O) groups is 2. The van der Waals surface area contributed by atoms with Crippen LogP contribution < -0.4 is 5.06 Å². The summed E-state index contributed by atoms with van der Waals surface area (Å²) in [7, 11) is 0. The highest BCUT2D eigenvalue weighted by atomic mass is 79.9. The topological polar surface area (TPSA) is 49.9 Å². The summed E-state index contributed by atoms with van der Waals surface area (Å²) < 4.78 is 15.4. The van der Waals surface area contributed by atoms with Crippen molar-refractivity contribution in [3.63, 3.8) is 0 Å². The first-order valence-corrected chi connectivity index (χ1v) is 8.20. The number of halogens is 2. The summed E-state index contributed by atoms with van der Waals surface area (Å²) in [6, 6.07) is 3.09. The second kappa shape index (κ2) is 6.97. The summed E-state index contributed by atoms with van der Waals surface area (Å²) in [6.45, 7) is 6.10. The molecule has 5 nitrogen and oxygen atoms in total. The average molecular weight is 387 g/mol. The van der Waals surface area contributed by atoms with Crippen LogP contribution in [0.2, 0.25) is 0 Å². The van der Waals surface area contributed by atoms with E-state index in [9.17, 15) is 14.0 Å². The summed E-state index contributed by atoms with van der Waals surface area (Å²) in [6.07, 6.45) is 1.71. The van der Waals surface area contributed by atoms with E-state index in [1.807, 2.05) is 0 Å². The predicted octanol–water partition coefficient (Wildman–Crippen LogP) is 3.40. The lowest BCUT2D eigenvalue weighted by Gasteiger charge is -2.27. The van der Waals surface area contributed by atoms with Gasteiger partial charge in [0.05, 0.1) is 5.60 Å². The molecule has 0 saturated carbocycles. The maximum atomic E-state index is 14.8. The highest BCUT2D eigenvalue weighted by Crippen LogP contribution is 2.30. The summed E-state index contributed by atoms with van der Waals surface area (Å²) >= 11 is 3.32. The summed E-state index contributed by atoms with van der Waals surface area (Å²) in [5, 5.41) is 0.884. The Kier molecular flexibility index (Phi) is 5.41. The van der Waals surface area contributed by atoms with E-state index >= 15 is 0 Å². The SMILES string of the molecule is CC(C)(C)ON(C=O)c1cc(Br)cc(CN2CCCC2=O)c1F. The number of nitrogens with zero attached hydrogens (tertiary/aromatic N) is 2. The van der Waals surface area contributed by atoms with Crippen LogP contribution in [0.5, 0.6) is 0 Å². The lowest BCUT2D eigenvalue weighted by molar-refractivity contribution is -0.128. The number of anilines is 1. The van der Waals surface area contributed by atoms with E-state index in [2.05, 4.69) is 15.9 Å². The van der Waals surface area contributed by atoms with Gasteiger partial charge in [-0.25, -0.2) is 4.39 Å². The van der Waals surface area contributed by atoms with Crippen molar-refractivity contribution in [1.29, 1.82) is 0 Å². The molecule has 1 saturated heterocycles. The van der Waals surface area contributed by atoms with E-state index in [4.69, 9.17) is 4.84 Å². The van der Waals surface area contributed by atoms with E-state index in [1.54, 1.807) is 31.7 Å². The van der Waals surface area contributed by atoms with E-state index < -0.39 is 11.4 Å². The first kappa shape index (κ1) is 17.9. The van der Waals surface area contributed by atoms with Crippen LogP contribution in [0.25, 0.3) is 0 Å². The van der Waals surface area contributed by atoms with Gasteiger partial charge in [-0.05, 0) is 39.3 Å². The Morgan fingerprint density at radius 1 is 1.43 bits per heavy atom. The van der Waals surface area contributed by atoms with Crippen LogP contribution in [0, 0.1) is 5.82 Å². The van der Waals surface area contributed by atoms with Crippen LogP contribution in [0.3, 0.4) is 0 Å². The third-order valence-electron chi connectivity index (χ3n) is 3.33. The zero-order valence-corrected chi connectivity index (χ0v) is 15.0. The first-order valence-electron chi connectivity index (χ1n) is 7.40. The van der Waals surface area contributed by atoms with Gasteiger partial charge in [0.25, 0.3) is 0 Å². The first-order chi connectivity index (χ1) is 10.7. The quantitative estimate of drug-likeness (QED) is 0.575. The molecule has 1 aromatic rings. The molecule has 1 aromatic carbocycles. The van der Waals surface area contributed by atoms with Gasteiger partial charge in [-0.15, -0.1) is 0 Å². The van der Waals surface area contributed by atoms with E-state index in [1.165, 1.54) is 6.07 Å². The van der Waals surface area contributed by atoms with Gasteiger partial charge in [0, 0.05) is 29.5 Å². The van der Waals surface area contributed by atoms with Crippen molar-refractivity contribution in [3.05, 3.63) is 28.0 Å². The number of hydrogen-bond donors (Lipinski definition) is 0. The van der Waals surface area contributed by atoms with Crippen LogP contribution in [0.1, 0.15) is 39.2 Å². The molecule has 2 rings (SSSR count). The number of carbonyl (C=O) groups excluding carboxylic acids is 2. The number of likely N-dealkylation sites (tertiary alicyclic amines) is 1. The van der Waals surface area contributed by atoms with Crippen molar-refractivity contribution >= 4 is 33.9 Å². The maximum absolute atomic E-state index is 14.8. The molecule has 0 bridgehead atoms. The Morgan fingerprint density at radius 3 is 2.65 bits per heavy atom. The van der Waals surface area contributed by atoms with Crippen LogP contribution in [-0.4, -0.2) is 29.4 Å². The number of rotatable bonds is 5. The van der Waals surface area contributed by atoms with Crippen LogP contribution in [0.15, 0.2) is 16.6 Å². The van der Waals surface area contributed by atoms with Gasteiger partial charge < -0.3 is 4.90 Å². The minimum Gasteiger partial charge on any atom is -0.338 e. The lowest BCUT2D eigenvalue weighted by atomic mass is 10.1. The molecule has 0 radical (unpaired) electrons. The molecule has 0 spiro atoms. The Morgan fingerprint density at radius 2 is 2.13 bits per heavy atom. The molecule has 1 aliphatic heterocycles.